The number of aryl methyl sites for hydroxylation is 2. The number of nitrogens with zero attached hydrogens (tertiary/aromatic N) is 4. The van der Waals surface area contributed by atoms with Gasteiger partial charge in [0.05, 0.1) is 6.54 Å². The fourth-order valence-electron chi connectivity index (χ4n) is 1.30. The fraction of sp³-hybridized carbons (Fsp3) is 0.222. The first kappa shape index (κ1) is 9.57. The molecule has 0 saturated carbocycles. The Labute approximate surface area is 85.7 Å². The molecule has 15 heavy (non-hydrogen) atoms. The van der Waals surface area contributed by atoms with Crippen LogP contribution in [0, 0.1) is 5.82 Å². The molecule has 0 radical (unpaired) electrons. The molecule has 5 nitrogen and oxygen atoms in total. The molecule has 1 heterocycles. The number of nitrogens with two attached hydrogens (primary N) is 1. The molecule has 0 aliphatic carbocycles. The molecule has 0 unspecified atom stereocenters. The molecule has 0 aliphatic rings. The van der Waals surface area contributed by atoms with Crippen LogP contribution in [0.5, 0.6) is 0 Å². The summed E-state index contributed by atoms with van der Waals surface area (Å²) in [6.45, 7) is 0.472. The van der Waals surface area contributed by atoms with Crippen LogP contribution in [0.25, 0.3) is 0 Å². The maximum absolute atomic E-state index is 13.2. The first-order valence-corrected chi connectivity index (χ1v) is 4.52. The van der Waals surface area contributed by atoms with Gasteiger partial charge in [-0.15, -0.1) is 0 Å². The summed E-state index contributed by atoms with van der Waals surface area (Å²) < 4.78 is 14.7. The van der Waals surface area contributed by atoms with Gasteiger partial charge < -0.3 is 5.73 Å². The third-order valence-corrected chi connectivity index (χ3v) is 2.11. The molecular formula is C9H10FN5. The molecule has 2 N–H and O–H groups in total. The van der Waals surface area contributed by atoms with Crippen LogP contribution >= 0.6 is 0 Å². The lowest BCUT2D eigenvalue weighted by Crippen LogP contribution is -2.08. The monoisotopic (exact) mass is 207 g/mol. The molecular weight excluding hydrogens is 197 g/mol. The number of nitrogen functional groups attached to an aromatic ring is 1. The lowest BCUT2D eigenvalue weighted by atomic mass is 10.1. The van der Waals surface area contributed by atoms with Crippen LogP contribution in [0.1, 0.15) is 5.56 Å². The molecule has 78 valence electrons. The van der Waals surface area contributed by atoms with E-state index in [4.69, 9.17) is 5.73 Å². The van der Waals surface area contributed by atoms with E-state index in [1.54, 1.807) is 18.2 Å². The van der Waals surface area contributed by atoms with Gasteiger partial charge in [-0.25, -0.2) is 9.07 Å². The minimum absolute atomic E-state index is 0.218. The Morgan fingerprint density at radius 2 is 2.13 bits per heavy atom. The van der Waals surface area contributed by atoms with Gasteiger partial charge in [0.2, 0.25) is 5.95 Å². The highest BCUT2D eigenvalue weighted by Gasteiger charge is 2.04. The third kappa shape index (κ3) is 2.09. The van der Waals surface area contributed by atoms with Gasteiger partial charge in [0.1, 0.15) is 5.82 Å². The van der Waals surface area contributed by atoms with E-state index in [0.717, 1.165) is 0 Å². The van der Waals surface area contributed by atoms with Crippen LogP contribution in [0.2, 0.25) is 0 Å². The summed E-state index contributed by atoms with van der Waals surface area (Å²) in [6.07, 6.45) is 0.516. The van der Waals surface area contributed by atoms with Gasteiger partial charge in [-0.1, -0.05) is 23.3 Å². The Balaban J connectivity index is 2.06. The Kier molecular flexibility index (Phi) is 2.57. The predicted octanol–water partition coefficient (Wildman–Crippen LogP) is 0.637. The van der Waals surface area contributed by atoms with Crippen molar-refractivity contribution in [3.05, 3.63) is 35.6 Å². The molecule has 2 aromatic rings. The number of rotatable bonds is 3. The average molecular weight is 207 g/mol. The van der Waals surface area contributed by atoms with Gasteiger partial charge in [0.25, 0.3) is 0 Å². The summed E-state index contributed by atoms with van der Waals surface area (Å²) >= 11 is 0. The molecule has 1 aromatic carbocycles. The second-order valence-corrected chi connectivity index (χ2v) is 3.10. The Morgan fingerprint density at radius 3 is 2.80 bits per heavy atom. The Morgan fingerprint density at radius 1 is 1.33 bits per heavy atom. The first-order chi connectivity index (χ1) is 7.27. The van der Waals surface area contributed by atoms with Gasteiger partial charge in [0.15, 0.2) is 0 Å². The second-order valence-electron chi connectivity index (χ2n) is 3.10. The van der Waals surface area contributed by atoms with Gasteiger partial charge in [-0.3, -0.25) is 0 Å². The molecule has 6 heteroatoms. The quantitative estimate of drug-likeness (QED) is 0.801. The zero-order valence-electron chi connectivity index (χ0n) is 7.97. The molecule has 0 aliphatic heterocycles. The zero-order chi connectivity index (χ0) is 10.7. The minimum Gasteiger partial charge on any atom is -0.367 e. The number of tetrazole rings is 1. The molecule has 1 aromatic heterocycles. The first-order valence-electron chi connectivity index (χ1n) is 4.52. The lowest BCUT2D eigenvalue weighted by Gasteiger charge is -2.02. The maximum Gasteiger partial charge on any atom is 0.240 e. The fourth-order valence-corrected chi connectivity index (χ4v) is 1.30. The van der Waals surface area contributed by atoms with Crippen LogP contribution < -0.4 is 5.73 Å². The second kappa shape index (κ2) is 4.04. The molecule has 2 rings (SSSR count). The number of anilines is 1. The SMILES string of the molecule is Nc1nnnn1CCc1ccccc1F. The van der Waals surface area contributed by atoms with Crippen molar-refractivity contribution in [2.24, 2.45) is 0 Å². The molecule has 0 fully saturated rings. The van der Waals surface area contributed by atoms with Crippen LogP contribution in [0.3, 0.4) is 0 Å². The number of aromatic nitrogens is 4. The van der Waals surface area contributed by atoms with Crippen LogP contribution in [-0.4, -0.2) is 20.2 Å². The number of benzene rings is 1. The van der Waals surface area contributed by atoms with Crippen molar-refractivity contribution in [2.45, 2.75) is 13.0 Å². The van der Waals surface area contributed by atoms with E-state index >= 15 is 0 Å². The van der Waals surface area contributed by atoms with Crippen LogP contribution in [0.4, 0.5) is 10.3 Å². The lowest BCUT2D eigenvalue weighted by molar-refractivity contribution is 0.564. The summed E-state index contributed by atoms with van der Waals surface area (Å²) in [7, 11) is 0. The molecule has 0 saturated heterocycles. The van der Waals surface area contributed by atoms with E-state index in [9.17, 15) is 4.39 Å². The normalized spacial score (nSPS) is 10.5. The standard InChI is InChI=1S/C9H10FN5/c10-8-4-2-1-3-7(8)5-6-15-9(11)12-13-14-15/h1-4H,5-6H2,(H2,11,12,14). The van der Waals surface area contributed by atoms with Gasteiger partial charge >= 0.3 is 0 Å². The van der Waals surface area contributed by atoms with Crippen molar-refractivity contribution in [1.29, 1.82) is 0 Å². The van der Waals surface area contributed by atoms with Gasteiger partial charge in [0, 0.05) is 0 Å². The minimum atomic E-state index is -0.218. The summed E-state index contributed by atoms with van der Waals surface area (Å²) in [5.74, 6) is 0.0236. The van der Waals surface area contributed by atoms with Crippen molar-refractivity contribution < 1.29 is 4.39 Å². The molecule has 0 amide bonds. The summed E-state index contributed by atoms with van der Waals surface area (Å²) in [6, 6.07) is 6.61. The van der Waals surface area contributed by atoms with Crippen molar-refractivity contribution >= 4 is 5.95 Å². The summed E-state index contributed by atoms with van der Waals surface area (Å²) in [5.41, 5.74) is 6.11. The van der Waals surface area contributed by atoms with E-state index < -0.39 is 0 Å². The van der Waals surface area contributed by atoms with E-state index in [1.807, 2.05) is 0 Å². The van der Waals surface area contributed by atoms with E-state index in [1.165, 1.54) is 10.7 Å². The molecule has 0 atom stereocenters. The van der Waals surface area contributed by atoms with Gasteiger partial charge in [-0.2, -0.15) is 0 Å². The van der Waals surface area contributed by atoms with E-state index in [-0.39, 0.29) is 11.8 Å². The highest BCUT2D eigenvalue weighted by Crippen LogP contribution is 2.08. The van der Waals surface area contributed by atoms with Crippen LogP contribution in [0.15, 0.2) is 24.3 Å². The van der Waals surface area contributed by atoms with Crippen molar-refractivity contribution in [1.82, 2.24) is 20.2 Å². The van der Waals surface area contributed by atoms with Crippen molar-refractivity contribution in [2.75, 3.05) is 5.73 Å². The van der Waals surface area contributed by atoms with E-state index in [0.29, 0.717) is 18.5 Å². The molecule has 0 spiro atoms. The topological polar surface area (TPSA) is 69.6 Å². The number of hydrogen-bond acceptors (Lipinski definition) is 4. The summed E-state index contributed by atoms with van der Waals surface area (Å²) in [4.78, 5) is 0. The molecule has 0 bridgehead atoms. The summed E-state index contributed by atoms with van der Waals surface area (Å²) in [5, 5.41) is 10.6. The predicted molar refractivity (Wildman–Crippen MR) is 52.3 cm³/mol. The van der Waals surface area contributed by atoms with Gasteiger partial charge in [-0.05, 0) is 28.5 Å². The smallest absolute Gasteiger partial charge is 0.240 e. The highest BCUT2D eigenvalue weighted by molar-refractivity contribution is 5.18. The largest absolute Gasteiger partial charge is 0.367 e. The van der Waals surface area contributed by atoms with Crippen LogP contribution in [-0.2, 0) is 13.0 Å². The average Bonchev–Trinajstić information content (AvgIpc) is 2.63. The van der Waals surface area contributed by atoms with E-state index in [2.05, 4.69) is 15.5 Å². The Bertz CT molecular complexity index is 453. The Hall–Kier alpha value is -1.98. The zero-order valence-corrected chi connectivity index (χ0v) is 7.97. The maximum atomic E-state index is 13.2. The van der Waals surface area contributed by atoms with Crippen molar-refractivity contribution in [3.63, 3.8) is 0 Å². The van der Waals surface area contributed by atoms with Crippen molar-refractivity contribution in [3.8, 4) is 0 Å². The number of hydrogen-bond donors (Lipinski definition) is 1. The third-order valence-electron chi connectivity index (χ3n) is 2.11. The highest BCUT2D eigenvalue weighted by atomic mass is 19.1. The number of halogens is 1.